The van der Waals surface area contributed by atoms with Crippen molar-refractivity contribution in [1.82, 2.24) is 19.1 Å². The summed E-state index contributed by atoms with van der Waals surface area (Å²) in [5, 5.41) is 2.69. The van der Waals surface area contributed by atoms with Crippen LogP contribution in [0.2, 0.25) is 0 Å². The van der Waals surface area contributed by atoms with Gasteiger partial charge in [0, 0.05) is 62.5 Å². The van der Waals surface area contributed by atoms with E-state index in [1.54, 1.807) is 34.8 Å². The van der Waals surface area contributed by atoms with Crippen LogP contribution in [0.4, 0.5) is 0 Å². The third-order valence-electron chi connectivity index (χ3n) is 7.48. The maximum atomic E-state index is 13.1. The first-order valence-corrected chi connectivity index (χ1v) is 15.0. The zero-order chi connectivity index (χ0) is 24.3. The number of carbonyl (C=O) groups excluding carboxylic acids is 1. The molecule has 0 unspecified atom stereocenters. The first kappa shape index (κ1) is 24.7. The largest absolute Gasteiger partial charge is 0.467 e. The van der Waals surface area contributed by atoms with E-state index in [2.05, 4.69) is 9.88 Å². The number of sulfonamides is 1. The van der Waals surface area contributed by atoms with Crippen LogP contribution in [0.5, 0.6) is 5.19 Å². The second kappa shape index (κ2) is 10.9. The first-order valence-electron chi connectivity index (χ1n) is 12.7. The van der Waals surface area contributed by atoms with Gasteiger partial charge in [0.2, 0.25) is 10.0 Å². The Kier molecular flexibility index (Phi) is 7.71. The molecular formula is C25H34N4O4S2. The number of likely N-dealkylation sites (tertiary alicyclic amines) is 2. The van der Waals surface area contributed by atoms with Crippen molar-refractivity contribution < 1.29 is 17.9 Å². The molecule has 0 saturated carbocycles. The highest BCUT2D eigenvalue weighted by molar-refractivity contribution is 7.89. The minimum absolute atomic E-state index is 0.0130. The summed E-state index contributed by atoms with van der Waals surface area (Å²) in [6.07, 6.45) is 8.84. The summed E-state index contributed by atoms with van der Waals surface area (Å²) in [6.45, 7) is 4.64. The molecule has 1 aromatic heterocycles. The van der Waals surface area contributed by atoms with Crippen molar-refractivity contribution >= 4 is 27.3 Å². The highest BCUT2D eigenvalue weighted by Crippen LogP contribution is 2.26. The lowest BCUT2D eigenvalue weighted by atomic mass is 9.98. The maximum absolute atomic E-state index is 13.1. The number of aromatic nitrogens is 1. The van der Waals surface area contributed by atoms with Crippen LogP contribution in [0, 0.1) is 0 Å². The molecule has 1 amide bonds. The van der Waals surface area contributed by atoms with Crippen molar-refractivity contribution in [2.45, 2.75) is 62.0 Å². The molecule has 3 saturated heterocycles. The molecule has 10 heteroatoms. The minimum atomic E-state index is -3.48. The Morgan fingerprint density at radius 1 is 0.914 bits per heavy atom. The van der Waals surface area contributed by atoms with Gasteiger partial charge in [-0.05, 0) is 62.8 Å². The predicted octanol–water partition coefficient (Wildman–Crippen LogP) is 3.47. The number of benzene rings is 1. The fourth-order valence-corrected chi connectivity index (χ4v) is 7.48. The van der Waals surface area contributed by atoms with E-state index >= 15 is 0 Å². The number of amides is 1. The molecular weight excluding hydrogens is 484 g/mol. The third-order valence-corrected chi connectivity index (χ3v) is 10.0. The Morgan fingerprint density at radius 3 is 2.23 bits per heavy atom. The minimum Gasteiger partial charge on any atom is -0.467 e. The summed E-state index contributed by atoms with van der Waals surface area (Å²) in [4.78, 5) is 22.0. The van der Waals surface area contributed by atoms with Crippen LogP contribution < -0.4 is 4.74 Å². The normalized spacial score (nSPS) is 21.8. The Bertz CT molecular complexity index is 1070. The summed E-state index contributed by atoms with van der Waals surface area (Å²) >= 11 is 1.54. The molecule has 35 heavy (non-hydrogen) atoms. The predicted molar refractivity (Wildman–Crippen MR) is 135 cm³/mol. The van der Waals surface area contributed by atoms with E-state index < -0.39 is 10.0 Å². The SMILES string of the molecule is O=C(c1ccc(S(=O)(=O)N2CCCCC2)cc1)N1CCC(N2CCC(Oc3nccs3)CC2)CC1. The molecule has 0 radical (unpaired) electrons. The van der Waals surface area contributed by atoms with Gasteiger partial charge in [-0.15, -0.1) is 0 Å². The van der Waals surface area contributed by atoms with Gasteiger partial charge in [0.15, 0.2) is 0 Å². The smallest absolute Gasteiger partial charge is 0.273 e. The van der Waals surface area contributed by atoms with Crippen molar-refractivity contribution in [1.29, 1.82) is 0 Å². The van der Waals surface area contributed by atoms with Gasteiger partial charge in [0.05, 0.1) is 4.90 Å². The van der Waals surface area contributed by atoms with E-state index in [1.165, 1.54) is 11.3 Å². The Balaban J connectivity index is 1.10. The number of ether oxygens (including phenoxy) is 1. The third kappa shape index (κ3) is 5.71. The lowest BCUT2D eigenvalue weighted by Gasteiger charge is -2.41. The fraction of sp³-hybridized carbons (Fsp3) is 0.600. The van der Waals surface area contributed by atoms with Crippen molar-refractivity contribution in [2.75, 3.05) is 39.3 Å². The first-order chi connectivity index (χ1) is 17.0. The monoisotopic (exact) mass is 518 g/mol. The Labute approximate surface area is 211 Å². The van der Waals surface area contributed by atoms with Gasteiger partial charge < -0.3 is 9.64 Å². The molecule has 0 aliphatic carbocycles. The molecule has 5 rings (SSSR count). The summed E-state index contributed by atoms with van der Waals surface area (Å²) in [5.41, 5.74) is 0.557. The molecule has 3 aliphatic rings. The molecule has 0 atom stereocenters. The van der Waals surface area contributed by atoms with Crippen LogP contribution in [-0.2, 0) is 10.0 Å². The molecule has 0 N–H and O–H groups in total. The van der Waals surface area contributed by atoms with E-state index in [-0.39, 0.29) is 16.9 Å². The van der Waals surface area contributed by atoms with E-state index in [1.807, 2.05) is 10.3 Å². The van der Waals surface area contributed by atoms with Crippen LogP contribution in [0.15, 0.2) is 40.7 Å². The average Bonchev–Trinajstić information content (AvgIpc) is 3.42. The Hall–Kier alpha value is -2.01. The summed E-state index contributed by atoms with van der Waals surface area (Å²) < 4.78 is 33.3. The summed E-state index contributed by atoms with van der Waals surface area (Å²) in [7, 11) is -3.48. The van der Waals surface area contributed by atoms with Crippen molar-refractivity contribution in [3.8, 4) is 5.19 Å². The van der Waals surface area contributed by atoms with E-state index in [0.717, 1.165) is 76.3 Å². The van der Waals surface area contributed by atoms with Crippen molar-refractivity contribution in [3.05, 3.63) is 41.4 Å². The number of piperidine rings is 3. The molecule has 4 heterocycles. The molecule has 8 nitrogen and oxygen atoms in total. The zero-order valence-electron chi connectivity index (χ0n) is 20.0. The fourth-order valence-electron chi connectivity index (χ4n) is 5.41. The summed E-state index contributed by atoms with van der Waals surface area (Å²) in [5.74, 6) is -0.0130. The van der Waals surface area contributed by atoms with Crippen LogP contribution in [0.1, 0.15) is 55.3 Å². The molecule has 1 aromatic carbocycles. The van der Waals surface area contributed by atoms with Gasteiger partial charge in [-0.25, -0.2) is 13.4 Å². The highest BCUT2D eigenvalue weighted by Gasteiger charge is 2.31. The van der Waals surface area contributed by atoms with Gasteiger partial charge in [-0.3, -0.25) is 9.69 Å². The van der Waals surface area contributed by atoms with Gasteiger partial charge in [-0.2, -0.15) is 4.31 Å². The maximum Gasteiger partial charge on any atom is 0.273 e. The van der Waals surface area contributed by atoms with Gasteiger partial charge in [0.1, 0.15) is 6.10 Å². The molecule has 2 aromatic rings. The quantitative estimate of drug-likeness (QED) is 0.583. The second-order valence-electron chi connectivity index (χ2n) is 9.66. The van der Waals surface area contributed by atoms with E-state index in [4.69, 9.17) is 4.74 Å². The number of thiazole rings is 1. The van der Waals surface area contributed by atoms with E-state index in [0.29, 0.717) is 24.7 Å². The van der Waals surface area contributed by atoms with Crippen LogP contribution in [0.25, 0.3) is 0 Å². The molecule has 190 valence electrons. The summed E-state index contributed by atoms with van der Waals surface area (Å²) in [6, 6.07) is 7.00. The second-order valence-corrected chi connectivity index (χ2v) is 12.5. The van der Waals surface area contributed by atoms with E-state index in [9.17, 15) is 13.2 Å². The number of hydrogen-bond donors (Lipinski definition) is 0. The lowest BCUT2D eigenvalue weighted by Crippen LogP contribution is -2.50. The van der Waals surface area contributed by atoms with Crippen molar-refractivity contribution in [3.63, 3.8) is 0 Å². The highest BCUT2D eigenvalue weighted by atomic mass is 32.2. The number of hydrogen-bond acceptors (Lipinski definition) is 7. The zero-order valence-corrected chi connectivity index (χ0v) is 21.7. The Morgan fingerprint density at radius 2 is 1.60 bits per heavy atom. The lowest BCUT2D eigenvalue weighted by molar-refractivity contribution is 0.0425. The van der Waals surface area contributed by atoms with Gasteiger partial charge >= 0.3 is 0 Å². The number of nitrogens with zero attached hydrogens (tertiary/aromatic N) is 4. The number of carbonyl (C=O) groups is 1. The molecule has 3 fully saturated rings. The van der Waals surface area contributed by atoms with Gasteiger partial charge in [0.25, 0.3) is 11.1 Å². The molecule has 0 bridgehead atoms. The standard InChI is InChI=1S/C25H34N4O4S2/c30-24(20-4-6-23(7-5-20)35(31,32)29-13-2-1-3-14-29)28-15-8-21(9-16-28)27-17-10-22(11-18-27)33-25-26-12-19-34-25/h4-7,12,19,21-22H,1-3,8-11,13-18H2. The molecule has 0 spiro atoms. The van der Waals surface area contributed by atoms with Crippen LogP contribution in [0.3, 0.4) is 0 Å². The number of rotatable bonds is 6. The topological polar surface area (TPSA) is 83.1 Å². The molecule has 3 aliphatic heterocycles. The van der Waals surface area contributed by atoms with Crippen LogP contribution >= 0.6 is 11.3 Å². The van der Waals surface area contributed by atoms with Crippen LogP contribution in [-0.4, -0.2) is 84.8 Å². The average molecular weight is 519 g/mol. The van der Waals surface area contributed by atoms with Gasteiger partial charge in [-0.1, -0.05) is 17.8 Å². The van der Waals surface area contributed by atoms with Crippen molar-refractivity contribution in [2.24, 2.45) is 0 Å².